The molecule has 1 aliphatic heterocycles. The molecule has 1 heterocycles. The highest BCUT2D eigenvalue weighted by atomic mass is 19.1. The first-order chi connectivity index (χ1) is 9.56. The third kappa shape index (κ3) is 3.85. The van der Waals surface area contributed by atoms with Gasteiger partial charge in [0.25, 0.3) is 0 Å². The number of urea groups is 1. The fourth-order valence-electron chi connectivity index (χ4n) is 2.22. The predicted molar refractivity (Wildman–Crippen MR) is 78.4 cm³/mol. The standard InChI is InChI=1S/C15H22FN3O/c1-12(2)11-17-15(20)19-9-7-18(8-10-19)14-5-3-13(16)4-6-14/h3-6,12H,7-11H2,1-2H3,(H,17,20). The molecule has 0 aromatic heterocycles. The SMILES string of the molecule is CC(C)CNC(=O)N1CCN(c2ccc(F)cc2)CC1. The number of carbonyl (C=O) groups excluding carboxylic acids is 1. The molecule has 4 nitrogen and oxygen atoms in total. The second-order valence-corrected chi connectivity index (χ2v) is 5.53. The molecule has 0 unspecified atom stereocenters. The Morgan fingerprint density at radius 3 is 2.35 bits per heavy atom. The average molecular weight is 279 g/mol. The average Bonchev–Trinajstić information content (AvgIpc) is 2.46. The van der Waals surface area contributed by atoms with Crippen molar-refractivity contribution >= 4 is 11.7 Å². The first-order valence-electron chi connectivity index (χ1n) is 7.09. The number of rotatable bonds is 3. The lowest BCUT2D eigenvalue weighted by atomic mass is 10.2. The van der Waals surface area contributed by atoms with Gasteiger partial charge in [-0.25, -0.2) is 9.18 Å². The number of hydrogen-bond donors (Lipinski definition) is 1. The Hall–Kier alpha value is -1.78. The minimum absolute atomic E-state index is 0.0115. The number of piperazine rings is 1. The van der Waals surface area contributed by atoms with E-state index in [1.54, 1.807) is 12.1 Å². The van der Waals surface area contributed by atoms with Gasteiger partial charge < -0.3 is 15.1 Å². The Kier molecular flexibility index (Phi) is 4.82. The summed E-state index contributed by atoms with van der Waals surface area (Å²) < 4.78 is 12.9. The molecule has 0 bridgehead atoms. The number of amides is 2. The predicted octanol–water partition coefficient (Wildman–Crippen LogP) is 2.31. The van der Waals surface area contributed by atoms with Crippen LogP contribution in [0.3, 0.4) is 0 Å². The molecule has 2 rings (SSSR count). The monoisotopic (exact) mass is 279 g/mol. The molecule has 1 aromatic carbocycles. The van der Waals surface area contributed by atoms with Crippen molar-refractivity contribution in [3.63, 3.8) is 0 Å². The molecule has 0 spiro atoms. The van der Waals surface area contributed by atoms with E-state index in [1.165, 1.54) is 12.1 Å². The van der Waals surface area contributed by atoms with Crippen LogP contribution in [-0.4, -0.2) is 43.7 Å². The Labute approximate surface area is 119 Å². The van der Waals surface area contributed by atoms with Gasteiger partial charge in [0.05, 0.1) is 0 Å². The van der Waals surface area contributed by atoms with Crippen molar-refractivity contribution < 1.29 is 9.18 Å². The highest BCUT2D eigenvalue weighted by Gasteiger charge is 2.21. The van der Waals surface area contributed by atoms with Crippen molar-refractivity contribution in [3.05, 3.63) is 30.1 Å². The zero-order chi connectivity index (χ0) is 14.5. The smallest absolute Gasteiger partial charge is 0.317 e. The number of hydrogen-bond acceptors (Lipinski definition) is 2. The molecule has 0 saturated carbocycles. The van der Waals surface area contributed by atoms with Gasteiger partial charge in [0.1, 0.15) is 5.82 Å². The molecule has 110 valence electrons. The van der Waals surface area contributed by atoms with E-state index in [0.717, 1.165) is 18.8 Å². The van der Waals surface area contributed by atoms with Crippen molar-refractivity contribution in [2.24, 2.45) is 5.92 Å². The molecular formula is C15H22FN3O. The van der Waals surface area contributed by atoms with E-state index >= 15 is 0 Å². The Bertz CT molecular complexity index is 439. The lowest BCUT2D eigenvalue weighted by molar-refractivity contribution is 0.193. The van der Waals surface area contributed by atoms with Crippen LogP contribution in [0.5, 0.6) is 0 Å². The highest BCUT2D eigenvalue weighted by molar-refractivity contribution is 5.74. The molecule has 5 heteroatoms. The van der Waals surface area contributed by atoms with Crippen LogP contribution in [0.25, 0.3) is 0 Å². The van der Waals surface area contributed by atoms with Gasteiger partial charge in [-0.15, -0.1) is 0 Å². The molecule has 1 N–H and O–H groups in total. The molecular weight excluding hydrogens is 257 g/mol. The number of nitrogens with one attached hydrogen (secondary N) is 1. The maximum Gasteiger partial charge on any atom is 0.317 e. The minimum Gasteiger partial charge on any atom is -0.368 e. The summed E-state index contributed by atoms with van der Waals surface area (Å²) in [6, 6.07) is 6.51. The summed E-state index contributed by atoms with van der Waals surface area (Å²) in [5.74, 6) is 0.236. The van der Waals surface area contributed by atoms with E-state index in [4.69, 9.17) is 0 Å². The van der Waals surface area contributed by atoms with E-state index in [2.05, 4.69) is 24.1 Å². The zero-order valence-corrected chi connectivity index (χ0v) is 12.1. The molecule has 2 amide bonds. The fraction of sp³-hybridized carbons (Fsp3) is 0.533. The number of halogens is 1. The number of carbonyl (C=O) groups is 1. The molecule has 1 aliphatic rings. The molecule has 0 aliphatic carbocycles. The van der Waals surface area contributed by atoms with E-state index < -0.39 is 0 Å². The van der Waals surface area contributed by atoms with Gasteiger partial charge in [-0.1, -0.05) is 13.8 Å². The van der Waals surface area contributed by atoms with Gasteiger partial charge in [0, 0.05) is 38.4 Å². The quantitative estimate of drug-likeness (QED) is 0.921. The zero-order valence-electron chi connectivity index (χ0n) is 12.1. The Morgan fingerprint density at radius 1 is 1.20 bits per heavy atom. The summed E-state index contributed by atoms with van der Waals surface area (Å²) >= 11 is 0. The molecule has 1 saturated heterocycles. The van der Waals surface area contributed by atoms with Crippen LogP contribution in [0.1, 0.15) is 13.8 Å². The Balaban J connectivity index is 1.83. The van der Waals surface area contributed by atoms with Crippen LogP contribution in [-0.2, 0) is 0 Å². The van der Waals surface area contributed by atoms with Crippen LogP contribution in [0, 0.1) is 11.7 Å². The van der Waals surface area contributed by atoms with Crippen molar-refractivity contribution in [1.29, 1.82) is 0 Å². The summed E-state index contributed by atoms with van der Waals surface area (Å²) in [6.07, 6.45) is 0. The van der Waals surface area contributed by atoms with Crippen LogP contribution < -0.4 is 10.2 Å². The fourth-order valence-corrected chi connectivity index (χ4v) is 2.22. The van der Waals surface area contributed by atoms with Gasteiger partial charge >= 0.3 is 6.03 Å². The first-order valence-corrected chi connectivity index (χ1v) is 7.09. The van der Waals surface area contributed by atoms with Gasteiger partial charge in [0.15, 0.2) is 0 Å². The Morgan fingerprint density at radius 2 is 1.80 bits per heavy atom. The third-order valence-electron chi connectivity index (χ3n) is 3.42. The van der Waals surface area contributed by atoms with Crippen LogP contribution in [0.15, 0.2) is 24.3 Å². The van der Waals surface area contributed by atoms with Gasteiger partial charge in [0.2, 0.25) is 0 Å². The molecule has 20 heavy (non-hydrogen) atoms. The molecule has 0 radical (unpaired) electrons. The minimum atomic E-state index is -0.222. The highest BCUT2D eigenvalue weighted by Crippen LogP contribution is 2.16. The third-order valence-corrected chi connectivity index (χ3v) is 3.42. The van der Waals surface area contributed by atoms with E-state index in [9.17, 15) is 9.18 Å². The van der Waals surface area contributed by atoms with E-state index in [0.29, 0.717) is 25.6 Å². The summed E-state index contributed by atoms with van der Waals surface area (Å²) in [6.45, 7) is 7.81. The maximum absolute atomic E-state index is 12.9. The van der Waals surface area contributed by atoms with E-state index in [1.807, 2.05) is 4.90 Å². The lowest BCUT2D eigenvalue weighted by Gasteiger charge is -2.36. The van der Waals surface area contributed by atoms with Crippen molar-refractivity contribution in [3.8, 4) is 0 Å². The van der Waals surface area contributed by atoms with Crippen molar-refractivity contribution in [1.82, 2.24) is 10.2 Å². The van der Waals surface area contributed by atoms with Gasteiger partial charge in [-0.2, -0.15) is 0 Å². The summed E-state index contributed by atoms with van der Waals surface area (Å²) in [5, 5.41) is 2.93. The lowest BCUT2D eigenvalue weighted by Crippen LogP contribution is -2.52. The molecule has 1 fully saturated rings. The topological polar surface area (TPSA) is 35.6 Å². The molecule has 1 aromatic rings. The normalized spacial score (nSPS) is 15.6. The number of anilines is 1. The second-order valence-electron chi connectivity index (χ2n) is 5.53. The van der Waals surface area contributed by atoms with Gasteiger partial charge in [-0.05, 0) is 30.2 Å². The summed E-state index contributed by atoms with van der Waals surface area (Å²) in [7, 11) is 0. The van der Waals surface area contributed by atoms with Crippen molar-refractivity contribution in [2.75, 3.05) is 37.6 Å². The summed E-state index contributed by atoms with van der Waals surface area (Å²) in [4.78, 5) is 15.9. The number of nitrogens with zero attached hydrogens (tertiary/aromatic N) is 2. The van der Waals surface area contributed by atoms with Crippen LogP contribution in [0.4, 0.5) is 14.9 Å². The summed E-state index contributed by atoms with van der Waals surface area (Å²) in [5.41, 5.74) is 1.01. The molecule has 0 atom stereocenters. The largest absolute Gasteiger partial charge is 0.368 e. The van der Waals surface area contributed by atoms with Crippen LogP contribution in [0.2, 0.25) is 0 Å². The van der Waals surface area contributed by atoms with Crippen molar-refractivity contribution in [2.45, 2.75) is 13.8 Å². The van der Waals surface area contributed by atoms with E-state index in [-0.39, 0.29) is 11.8 Å². The maximum atomic E-state index is 12.9. The van der Waals surface area contributed by atoms with Gasteiger partial charge in [-0.3, -0.25) is 0 Å². The second kappa shape index (κ2) is 6.59. The first kappa shape index (κ1) is 14.6. The number of benzene rings is 1. The van der Waals surface area contributed by atoms with Crippen LogP contribution >= 0.6 is 0 Å².